The lowest BCUT2D eigenvalue weighted by Crippen LogP contribution is -2.40. The Morgan fingerprint density at radius 1 is 1.12 bits per heavy atom. The van der Waals surface area contributed by atoms with Crippen molar-refractivity contribution in [1.29, 1.82) is 0 Å². The molecule has 2 N–H and O–H groups in total. The Morgan fingerprint density at radius 3 is 2.00 bits per heavy atom. The van der Waals surface area contributed by atoms with Crippen molar-refractivity contribution in [2.45, 2.75) is 38.9 Å². The fourth-order valence-electron chi connectivity index (χ4n) is 1.89. The zero-order valence-electron chi connectivity index (χ0n) is 10.4. The zero-order valence-corrected chi connectivity index (χ0v) is 11.2. The third-order valence-electron chi connectivity index (χ3n) is 2.96. The molecule has 2 unspecified atom stereocenters. The Kier molecular flexibility index (Phi) is 4.78. The van der Waals surface area contributed by atoms with Gasteiger partial charge in [-0.1, -0.05) is 23.7 Å². The van der Waals surface area contributed by atoms with Gasteiger partial charge in [-0.15, -0.1) is 0 Å². The van der Waals surface area contributed by atoms with E-state index in [0.29, 0.717) is 6.04 Å². The molecule has 3 heteroatoms. The number of halogens is 1. The summed E-state index contributed by atoms with van der Waals surface area (Å²) in [5, 5.41) is 0.763. The Bertz CT molecular complexity index is 319. The molecule has 1 aromatic rings. The molecule has 1 rings (SSSR count). The van der Waals surface area contributed by atoms with E-state index in [-0.39, 0.29) is 12.1 Å². The maximum atomic E-state index is 6.07. The molecule has 2 atom stereocenters. The summed E-state index contributed by atoms with van der Waals surface area (Å²) in [5.41, 5.74) is 7.29. The van der Waals surface area contributed by atoms with Crippen LogP contribution in [0.5, 0.6) is 0 Å². The van der Waals surface area contributed by atoms with Crippen LogP contribution in [0.4, 0.5) is 0 Å². The van der Waals surface area contributed by atoms with Gasteiger partial charge in [-0.3, -0.25) is 4.90 Å². The topological polar surface area (TPSA) is 29.3 Å². The zero-order chi connectivity index (χ0) is 12.3. The monoisotopic (exact) mass is 240 g/mol. The van der Waals surface area contributed by atoms with Gasteiger partial charge in [0.25, 0.3) is 0 Å². The lowest BCUT2D eigenvalue weighted by molar-refractivity contribution is 0.175. The van der Waals surface area contributed by atoms with Crippen molar-refractivity contribution in [2.75, 3.05) is 7.05 Å². The SMILES string of the molecule is CC(N)C(c1ccc(Cl)cc1)N(C)C(C)C. The first-order valence-electron chi connectivity index (χ1n) is 5.66. The summed E-state index contributed by atoms with van der Waals surface area (Å²) in [7, 11) is 2.10. The highest BCUT2D eigenvalue weighted by Gasteiger charge is 2.22. The Morgan fingerprint density at radius 2 is 1.62 bits per heavy atom. The number of hydrogen-bond donors (Lipinski definition) is 1. The van der Waals surface area contributed by atoms with Gasteiger partial charge in [0.05, 0.1) is 0 Å². The van der Waals surface area contributed by atoms with Crippen molar-refractivity contribution in [1.82, 2.24) is 4.90 Å². The second kappa shape index (κ2) is 5.67. The van der Waals surface area contributed by atoms with E-state index in [1.165, 1.54) is 5.56 Å². The fraction of sp³-hybridized carbons (Fsp3) is 0.538. The van der Waals surface area contributed by atoms with Crippen LogP contribution in [0, 0.1) is 0 Å². The minimum absolute atomic E-state index is 0.0913. The van der Waals surface area contributed by atoms with Crippen molar-refractivity contribution < 1.29 is 0 Å². The molecule has 0 spiro atoms. The molecule has 0 aliphatic rings. The van der Waals surface area contributed by atoms with Crippen molar-refractivity contribution in [2.24, 2.45) is 5.73 Å². The smallest absolute Gasteiger partial charge is 0.0496 e. The normalized spacial score (nSPS) is 15.5. The highest BCUT2D eigenvalue weighted by molar-refractivity contribution is 6.30. The largest absolute Gasteiger partial charge is 0.326 e. The van der Waals surface area contributed by atoms with Crippen molar-refractivity contribution in [3.05, 3.63) is 34.9 Å². The van der Waals surface area contributed by atoms with Crippen LogP contribution in [0.15, 0.2) is 24.3 Å². The van der Waals surface area contributed by atoms with E-state index in [4.69, 9.17) is 17.3 Å². The van der Waals surface area contributed by atoms with E-state index >= 15 is 0 Å². The first-order chi connectivity index (χ1) is 7.43. The number of likely N-dealkylation sites (N-methyl/N-ethyl adjacent to an activating group) is 1. The molecule has 0 fully saturated rings. The molecule has 2 nitrogen and oxygen atoms in total. The van der Waals surface area contributed by atoms with E-state index in [9.17, 15) is 0 Å². The molecule has 0 heterocycles. The molecule has 0 aliphatic heterocycles. The molecule has 16 heavy (non-hydrogen) atoms. The third kappa shape index (κ3) is 3.21. The summed E-state index contributed by atoms with van der Waals surface area (Å²) in [5.74, 6) is 0. The van der Waals surface area contributed by atoms with Gasteiger partial charge in [0.1, 0.15) is 0 Å². The summed E-state index contributed by atoms with van der Waals surface area (Å²) in [6.45, 7) is 6.38. The molecule has 0 radical (unpaired) electrons. The molecular formula is C13H21ClN2. The van der Waals surface area contributed by atoms with Crippen molar-refractivity contribution in [3.63, 3.8) is 0 Å². The number of nitrogens with two attached hydrogens (primary N) is 1. The predicted octanol–water partition coefficient (Wildman–Crippen LogP) is 3.07. The Hall–Kier alpha value is -0.570. The first kappa shape index (κ1) is 13.5. The van der Waals surface area contributed by atoms with Gasteiger partial charge < -0.3 is 5.73 Å². The summed E-state index contributed by atoms with van der Waals surface area (Å²) < 4.78 is 0. The first-order valence-corrected chi connectivity index (χ1v) is 6.04. The Balaban J connectivity index is 2.98. The number of hydrogen-bond acceptors (Lipinski definition) is 2. The summed E-state index contributed by atoms with van der Waals surface area (Å²) >= 11 is 5.89. The van der Waals surface area contributed by atoms with Crippen LogP contribution < -0.4 is 5.73 Å². The standard InChI is InChI=1S/C13H21ClN2/c1-9(2)16(4)13(10(3)15)11-5-7-12(14)8-6-11/h5-10,13H,15H2,1-4H3. The fourth-order valence-corrected chi connectivity index (χ4v) is 2.02. The highest BCUT2D eigenvalue weighted by Crippen LogP contribution is 2.25. The van der Waals surface area contributed by atoms with E-state index in [0.717, 1.165) is 5.02 Å². The van der Waals surface area contributed by atoms with Crippen LogP contribution in [-0.2, 0) is 0 Å². The molecule has 0 aliphatic carbocycles. The summed E-state index contributed by atoms with van der Waals surface area (Å²) in [4.78, 5) is 2.29. The molecule has 0 amide bonds. The minimum atomic E-state index is 0.0913. The molecule has 90 valence electrons. The average Bonchev–Trinajstić information content (AvgIpc) is 2.20. The number of rotatable bonds is 4. The van der Waals surface area contributed by atoms with Gasteiger partial charge in [0.15, 0.2) is 0 Å². The maximum Gasteiger partial charge on any atom is 0.0496 e. The van der Waals surface area contributed by atoms with Gasteiger partial charge in [0.2, 0.25) is 0 Å². The van der Waals surface area contributed by atoms with Crippen LogP contribution in [0.3, 0.4) is 0 Å². The summed E-state index contributed by atoms with van der Waals surface area (Å²) in [6.07, 6.45) is 0. The maximum absolute atomic E-state index is 6.07. The van der Waals surface area contributed by atoms with Crippen LogP contribution in [0.1, 0.15) is 32.4 Å². The van der Waals surface area contributed by atoms with Gasteiger partial charge in [-0.25, -0.2) is 0 Å². The second-order valence-electron chi connectivity index (χ2n) is 4.61. The van der Waals surface area contributed by atoms with E-state index in [1.807, 2.05) is 19.1 Å². The molecule has 0 aromatic heterocycles. The second-order valence-corrected chi connectivity index (χ2v) is 5.05. The lowest BCUT2D eigenvalue weighted by Gasteiger charge is -2.34. The van der Waals surface area contributed by atoms with Gasteiger partial charge >= 0.3 is 0 Å². The quantitative estimate of drug-likeness (QED) is 0.877. The van der Waals surface area contributed by atoms with Gasteiger partial charge in [-0.05, 0) is 45.5 Å². The molecule has 0 saturated heterocycles. The van der Waals surface area contributed by atoms with Gasteiger partial charge in [-0.2, -0.15) is 0 Å². The van der Waals surface area contributed by atoms with Crippen LogP contribution >= 0.6 is 11.6 Å². The number of nitrogens with zero attached hydrogens (tertiary/aromatic N) is 1. The van der Waals surface area contributed by atoms with Gasteiger partial charge in [0, 0.05) is 23.1 Å². The van der Waals surface area contributed by atoms with Crippen LogP contribution in [-0.4, -0.2) is 24.0 Å². The van der Waals surface area contributed by atoms with Crippen molar-refractivity contribution >= 4 is 11.6 Å². The molecular weight excluding hydrogens is 220 g/mol. The lowest BCUT2D eigenvalue weighted by atomic mass is 9.98. The van der Waals surface area contributed by atoms with E-state index in [1.54, 1.807) is 0 Å². The predicted molar refractivity (Wildman–Crippen MR) is 70.7 cm³/mol. The highest BCUT2D eigenvalue weighted by atomic mass is 35.5. The number of benzene rings is 1. The molecule has 0 saturated carbocycles. The van der Waals surface area contributed by atoms with E-state index in [2.05, 4.69) is 37.9 Å². The molecule has 1 aromatic carbocycles. The molecule has 0 bridgehead atoms. The van der Waals surface area contributed by atoms with Crippen LogP contribution in [0.25, 0.3) is 0 Å². The minimum Gasteiger partial charge on any atom is -0.326 e. The van der Waals surface area contributed by atoms with Crippen molar-refractivity contribution in [3.8, 4) is 0 Å². The average molecular weight is 241 g/mol. The third-order valence-corrected chi connectivity index (χ3v) is 3.21. The van der Waals surface area contributed by atoms with E-state index < -0.39 is 0 Å². The van der Waals surface area contributed by atoms with Crippen LogP contribution in [0.2, 0.25) is 5.02 Å². The summed E-state index contributed by atoms with van der Waals surface area (Å²) in [6, 6.07) is 8.73. The Labute approximate surface area is 103 Å².